The Hall–Kier alpha value is -3.24. The van der Waals surface area contributed by atoms with E-state index in [0.717, 1.165) is 5.56 Å². The molecule has 2 heterocycles. The summed E-state index contributed by atoms with van der Waals surface area (Å²) in [5.41, 5.74) is -0.396. The van der Waals surface area contributed by atoms with Gasteiger partial charge in [-0.2, -0.15) is 0 Å². The van der Waals surface area contributed by atoms with Crippen LogP contribution in [-0.4, -0.2) is 55.0 Å². The van der Waals surface area contributed by atoms with E-state index >= 15 is 0 Å². The highest BCUT2D eigenvalue weighted by Crippen LogP contribution is 2.33. The minimum Gasteiger partial charge on any atom is -0.508 e. The monoisotopic (exact) mass is 540 g/mol. The third-order valence-electron chi connectivity index (χ3n) is 6.62. The van der Waals surface area contributed by atoms with Gasteiger partial charge in [-0.1, -0.05) is 24.3 Å². The summed E-state index contributed by atoms with van der Waals surface area (Å²) in [6.07, 6.45) is 3.60. The number of hydrogen-bond acceptors (Lipinski definition) is 9. The van der Waals surface area contributed by atoms with Crippen molar-refractivity contribution in [2.75, 3.05) is 26.4 Å². The predicted molar refractivity (Wildman–Crippen MR) is 143 cm³/mol. The maximum atomic E-state index is 12.8. The van der Waals surface area contributed by atoms with E-state index in [4.69, 9.17) is 28.4 Å². The summed E-state index contributed by atoms with van der Waals surface area (Å²) >= 11 is 0. The highest BCUT2D eigenvalue weighted by atomic mass is 16.7. The molecule has 2 aromatic carbocycles. The molecule has 0 aromatic heterocycles. The molecule has 0 bridgehead atoms. The Bertz CT molecular complexity index is 1220. The summed E-state index contributed by atoms with van der Waals surface area (Å²) in [5, 5.41) is 10.2. The predicted octanol–water partition coefficient (Wildman–Crippen LogP) is 4.95. The number of phenolic OH excluding ortho intramolecular Hbond substituents is 1. The first kappa shape index (κ1) is 28.8. The van der Waals surface area contributed by atoms with E-state index in [2.05, 4.69) is 0 Å². The van der Waals surface area contributed by atoms with E-state index in [1.807, 2.05) is 6.08 Å². The van der Waals surface area contributed by atoms with Crippen molar-refractivity contribution in [2.45, 2.75) is 53.1 Å². The van der Waals surface area contributed by atoms with Gasteiger partial charge in [0.2, 0.25) is 0 Å². The number of carbonyl (C=O) groups is 2. The topological polar surface area (TPSA) is 110 Å². The Morgan fingerprint density at radius 3 is 1.59 bits per heavy atom. The lowest BCUT2D eigenvalue weighted by Crippen LogP contribution is -2.50. The largest absolute Gasteiger partial charge is 0.508 e. The molecule has 0 atom stereocenters. The van der Waals surface area contributed by atoms with Gasteiger partial charge >= 0.3 is 11.9 Å². The van der Waals surface area contributed by atoms with Crippen LogP contribution in [0.15, 0.2) is 42.5 Å². The van der Waals surface area contributed by atoms with Crippen LogP contribution in [0.2, 0.25) is 0 Å². The van der Waals surface area contributed by atoms with Crippen LogP contribution >= 0.6 is 0 Å². The van der Waals surface area contributed by atoms with Gasteiger partial charge in [0.25, 0.3) is 0 Å². The number of hydrogen-bond donors (Lipinski definition) is 1. The molecular formula is C30H36O9. The van der Waals surface area contributed by atoms with E-state index in [-0.39, 0.29) is 37.9 Å². The second-order valence-electron chi connectivity index (χ2n) is 11.5. The van der Waals surface area contributed by atoms with E-state index in [9.17, 15) is 14.7 Å². The molecule has 4 rings (SSSR count). The van der Waals surface area contributed by atoms with Crippen LogP contribution in [-0.2, 0) is 28.5 Å². The molecule has 0 unspecified atom stereocenters. The van der Waals surface area contributed by atoms with Crippen molar-refractivity contribution in [2.24, 2.45) is 10.8 Å². The standard InChI is InChI=1S/C30H36O9/c1-27(2)34-16-29(5,17-35-27)25(32)38-23-11-9-20(10-12-23)7-8-21-13-22(31)15-24(14-21)39-26(33)30(6)18-36-28(3,4)37-19-30/h7-15,31H,16-19H2,1-6H3/b8-7+. The van der Waals surface area contributed by atoms with E-state index in [1.54, 1.807) is 84.0 Å². The molecule has 2 aliphatic rings. The lowest BCUT2D eigenvalue weighted by atomic mass is 9.92. The van der Waals surface area contributed by atoms with Crippen LogP contribution < -0.4 is 9.47 Å². The Labute approximate surface area is 228 Å². The fourth-order valence-electron chi connectivity index (χ4n) is 3.80. The molecule has 0 amide bonds. The number of aromatic hydroxyl groups is 1. The quantitative estimate of drug-likeness (QED) is 0.309. The number of rotatable bonds is 6. The molecule has 210 valence electrons. The minimum absolute atomic E-state index is 0.0443. The molecule has 9 heteroatoms. The summed E-state index contributed by atoms with van der Waals surface area (Å²) in [4.78, 5) is 25.5. The molecular weight excluding hydrogens is 504 g/mol. The van der Waals surface area contributed by atoms with Gasteiger partial charge in [0, 0.05) is 6.07 Å². The average molecular weight is 541 g/mol. The highest BCUT2D eigenvalue weighted by Gasteiger charge is 2.44. The van der Waals surface area contributed by atoms with Crippen LogP contribution in [0.25, 0.3) is 12.2 Å². The van der Waals surface area contributed by atoms with Crippen LogP contribution in [0.5, 0.6) is 17.2 Å². The number of carbonyl (C=O) groups excluding carboxylic acids is 2. The first-order chi connectivity index (χ1) is 18.2. The first-order valence-electron chi connectivity index (χ1n) is 12.8. The molecule has 1 N–H and O–H groups in total. The number of benzene rings is 2. The maximum absolute atomic E-state index is 12.8. The van der Waals surface area contributed by atoms with Crippen molar-refractivity contribution in [3.05, 3.63) is 53.6 Å². The van der Waals surface area contributed by atoms with Gasteiger partial charge in [-0.25, -0.2) is 0 Å². The number of esters is 2. The minimum atomic E-state index is -0.965. The number of phenols is 1. The Kier molecular flexibility index (Phi) is 7.91. The van der Waals surface area contributed by atoms with Crippen LogP contribution in [0, 0.1) is 10.8 Å². The SMILES string of the molecule is CC1(C)OCC(C)(C(=O)Oc2ccc(/C=C/c3cc(O)cc(OC(=O)C4(C)COC(C)(C)OC4)c3)cc2)CO1. The lowest BCUT2D eigenvalue weighted by molar-refractivity contribution is -0.280. The molecule has 0 spiro atoms. The fraction of sp³-hybridized carbons (Fsp3) is 0.467. The van der Waals surface area contributed by atoms with Gasteiger partial charge < -0.3 is 33.5 Å². The molecule has 0 saturated carbocycles. The summed E-state index contributed by atoms with van der Waals surface area (Å²) in [7, 11) is 0. The van der Waals surface area contributed by atoms with Crippen molar-refractivity contribution >= 4 is 24.1 Å². The summed E-state index contributed by atoms with van der Waals surface area (Å²) < 4.78 is 33.6. The third-order valence-corrected chi connectivity index (χ3v) is 6.62. The zero-order chi connectivity index (χ0) is 28.5. The Balaban J connectivity index is 1.37. The van der Waals surface area contributed by atoms with Crippen LogP contribution in [0.3, 0.4) is 0 Å². The number of ether oxygens (including phenoxy) is 6. The molecule has 39 heavy (non-hydrogen) atoms. The second kappa shape index (κ2) is 10.7. The molecule has 2 aromatic rings. The van der Waals surface area contributed by atoms with Gasteiger partial charge in [-0.3, -0.25) is 9.59 Å². The second-order valence-corrected chi connectivity index (χ2v) is 11.5. The third kappa shape index (κ3) is 7.24. The molecule has 2 fully saturated rings. The van der Waals surface area contributed by atoms with Crippen molar-refractivity contribution in [3.8, 4) is 17.2 Å². The average Bonchev–Trinajstić information content (AvgIpc) is 2.87. The van der Waals surface area contributed by atoms with E-state index in [0.29, 0.717) is 11.3 Å². The van der Waals surface area contributed by atoms with Gasteiger partial charge in [0.05, 0.1) is 26.4 Å². The molecule has 2 aliphatic heterocycles. The first-order valence-corrected chi connectivity index (χ1v) is 12.8. The van der Waals surface area contributed by atoms with Crippen molar-refractivity contribution in [1.82, 2.24) is 0 Å². The summed E-state index contributed by atoms with van der Waals surface area (Å²) in [6.45, 7) is 11.4. The maximum Gasteiger partial charge on any atom is 0.321 e. The summed E-state index contributed by atoms with van der Waals surface area (Å²) in [5.74, 6) is -1.84. The van der Waals surface area contributed by atoms with Crippen molar-refractivity contribution in [3.63, 3.8) is 0 Å². The van der Waals surface area contributed by atoms with Crippen LogP contribution in [0.1, 0.15) is 52.7 Å². The normalized spacial score (nSPS) is 21.3. The fourth-order valence-corrected chi connectivity index (χ4v) is 3.80. The van der Waals surface area contributed by atoms with E-state index < -0.39 is 34.3 Å². The van der Waals surface area contributed by atoms with Gasteiger partial charge in [-0.05, 0) is 76.9 Å². The van der Waals surface area contributed by atoms with Crippen LogP contribution in [0.4, 0.5) is 0 Å². The molecule has 9 nitrogen and oxygen atoms in total. The molecule has 2 saturated heterocycles. The Morgan fingerprint density at radius 1 is 0.667 bits per heavy atom. The lowest BCUT2D eigenvalue weighted by Gasteiger charge is -2.39. The van der Waals surface area contributed by atoms with Gasteiger partial charge in [0.1, 0.15) is 28.1 Å². The smallest absolute Gasteiger partial charge is 0.321 e. The van der Waals surface area contributed by atoms with Gasteiger partial charge in [-0.15, -0.1) is 0 Å². The molecule has 0 radical (unpaired) electrons. The molecule has 0 aliphatic carbocycles. The highest BCUT2D eigenvalue weighted by molar-refractivity contribution is 5.80. The summed E-state index contributed by atoms with van der Waals surface area (Å²) in [6, 6.07) is 11.6. The van der Waals surface area contributed by atoms with E-state index in [1.165, 1.54) is 6.07 Å². The zero-order valence-electron chi connectivity index (χ0n) is 23.2. The van der Waals surface area contributed by atoms with Gasteiger partial charge in [0.15, 0.2) is 11.6 Å². The van der Waals surface area contributed by atoms with Crippen molar-refractivity contribution < 1.29 is 43.1 Å². The zero-order valence-corrected chi connectivity index (χ0v) is 23.2. The van der Waals surface area contributed by atoms with Crippen molar-refractivity contribution in [1.29, 1.82) is 0 Å². The Morgan fingerprint density at radius 2 is 1.10 bits per heavy atom.